The van der Waals surface area contributed by atoms with E-state index in [9.17, 15) is 10.1 Å². The number of likely N-dealkylation sites (tertiary alicyclic amines) is 1. The van der Waals surface area contributed by atoms with Crippen LogP contribution < -0.4 is 14.8 Å². The molecule has 116 valence electrons. The zero-order chi connectivity index (χ0) is 15.4. The van der Waals surface area contributed by atoms with Crippen LogP contribution >= 0.6 is 0 Å². The van der Waals surface area contributed by atoms with Crippen molar-refractivity contribution in [2.45, 2.75) is 6.42 Å². The molecule has 1 fully saturated rings. The van der Waals surface area contributed by atoms with E-state index in [0.717, 1.165) is 19.5 Å². The summed E-state index contributed by atoms with van der Waals surface area (Å²) in [7, 11) is 5.06. The van der Waals surface area contributed by atoms with Crippen LogP contribution in [-0.2, 0) is 0 Å². The number of methoxy groups -OCH3 is 2. The Morgan fingerprint density at radius 1 is 1.38 bits per heavy atom. The summed E-state index contributed by atoms with van der Waals surface area (Å²) >= 11 is 0. The average Bonchev–Trinajstić information content (AvgIpc) is 2.89. The molecule has 0 aromatic heterocycles. The van der Waals surface area contributed by atoms with E-state index < -0.39 is 4.92 Å². The lowest BCUT2D eigenvalue weighted by molar-refractivity contribution is -0.384. The van der Waals surface area contributed by atoms with E-state index in [2.05, 4.69) is 17.3 Å². The Bertz CT molecular complexity index is 521. The number of nitro groups is 1. The van der Waals surface area contributed by atoms with E-state index >= 15 is 0 Å². The second-order valence-corrected chi connectivity index (χ2v) is 5.28. The maximum atomic E-state index is 11.2. The van der Waals surface area contributed by atoms with Gasteiger partial charge in [0.1, 0.15) is 5.69 Å². The first-order valence-electron chi connectivity index (χ1n) is 6.88. The summed E-state index contributed by atoms with van der Waals surface area (Å²) in [6, 6.07) is 3.01. The lowest BCUT2D eigenvalue weighted by Crippen LogP contribution is -2.19. The summed E-state index contributed by atoms with van der Waals surface area (Å²) in [5.74, 6) is 1.34. The van der Waals surface area contributed by atoms with Crippen LogP contribution in [-0.4, -0.2) is 50.7 Å². The Morgan fingerprint density at radius 2 is 2.05 bits per heavy atom. The molecule has 1 atom stereocenters. The minimum absolute atomic E-state index is 0.000925. The van der Waals surface area contributed by atoms with Gasteiger partial charge in [0.15, 0.2) is 11.5 Å². The molecule has 21 heavy (non-hydrogen) atoms. The van der Waals surface area contributed by atoms with E-state index in [1.807, 2.05) is 0 Å². The molecule has 7 heteroatoms. The third-order valence-corrected chi connectivity index (χ3v) is 3.77. The molecule has 0 aliphatic carbocycles. The van der Waals surface area contributed by atoms with Gasteiger partial charge in [0.25, 0.3) is 5.69 Å². The molecule has 1 N–H and O–H groups in total. The van der Waals surface area contributed by atoms with Gasteiger partial charge in [-0.25, -0.2) is 0 Å². The highest BCUT2D eigenvalue weighted by Gasteiger charge is 2.23. The molecule has 1 unspecified atom stereocenters. The summed E-state index contributed by atoms with van der Waals surface area (Å²) in [5.41, 5.74) is 0.464. The van der Waals surface area contributed by atoms with Gasteiger partial charge < -0.3 is 19.7 Å². The second-order valence-electron chi connectivity index (χ2n) is 5.28. The standard InChI is InChI=1S/C14H21N3O4/c1-16-5-4-10(9-16)8-15-11-6-13(20-2)14(21-3)7-12(11)17(18)19/h6-7,10,15H,4-5,8-9H2,1-3H3. The molecule has 7 nitrogen and oxygen atoms in total. The van der Waals surface area contributed by atoms with Crippen molar-refractivity contribution >= 4 is 11.4 Å². The van der Waals surface area contributed by atoms with Crippen LogP contribution in [0.4, 0.5) is 11.4 Å². The van der Waals surface area contributed by atoms with E-state index in [-0.39, 0.29) is 5.69 Å². The Kier molecular flexibility index (Phi) is 4.85. The molecule has 0 bridgehead atoms. The average molecular weight is 295 g/mol. The molecule has 0 amide bonds. The number of hydrogen-bond acceptors (Lipinski definition) is 6. The van der Waals surface area contributed by atoms with Crippen LogP contribution in [0.2, 0.25) is 0 Å². The molecule has 1 heterocycles. The van der Waals surface area contributed by atoms with Gasteiger partial charge in [-0.1, -0.05) is 0 Å². The van der Waals surface area contributed by atoms with Crippen LogP contribution in [0.1, 0.15) is 6.42 Å². The third kappa shape index (κ3) is 3.55. The first-order chi connectivity index (χ1) is 10.0. The number of hydrogen-bond donors (Lipinski definition) is 1. The SMILES string of the molecule is COc1cc(NCC2CCN(C)C2)c([N+](=O)[O-])cc1OC. The van der Waals surface area contributed by atoms with E-state index in [1.165, 1.54) is 20.3 Å². The molecule has 0 spiro atoms. The molecule has 1 saturated heterocycles. The van der Waals surface area contributed by atoms with Crippen molar-refractivity contribution in [1.82, 2.24) is 4.90 Å². The molecule has 1 aliphatic rings. The highest BCUT2D eigenvalue weighted by molar-refractivity contribution is 5.68. The van der Waals surface area contributed by atoms with Crippen LogP contribution in [0.3, 0.4) is 0 Å². The Labute approximate surface area is 124 Å². The highest BCUT2D eigenvalue weighted by atomic mass is 16.6. The molecule has 0 radical (unpaired) electrons. The topological polar surface area (TPSA) is 76.9 Å². The molecule has 1 aromatic rings. The van der Waals surface area contributed by atoms with Crippen molar-refractivity contribution in [3.63, 3.8) is 0 Å². The monoisotopic (exact) mass is 295 g/mol. The van der Waals surface area contributed by atoms with Gasteiger partial charge in [-0.2, -0.15) is 0 Å². The fraction of sp³-hybridized carbons (Fsp3) is 0.571. The normalized spacial score (nSPS) is 18.5. The number of nitrogens with one attached hydrogen (secondary N) is 1. The molecule has 1 aromatic carbocycles. The minimum Gasteiger partial charge on any atom is -0.493 e. The van der Waals surface area contributed by atoms with Gasteiger partial charge >= 0.3 is 0 Å². The Morgan fingerprint density at radius 3 is 2.57 bits per heavy atom. The number of anilines is 1. The lowest BCUT2D eigenvalue weighted by Gasteiger charge is -2.15. The lowest BCUT2D eigenvalue weighted by atomic mass is 10.1. The quantitative estimate of drug-likeness (QED) is 0.638. The van der Waals surface area contributed by atoms with Gasteiger partial charge in [0, 0.05) is 19.2 Å². The summed E-state index contributed by atoms with van der Waals surface area (Å²) in [6.45, 7) is 2.79. The fourth-order valence-electron chi connectivity index (χ4n) is 2.61. The summed E-state index contributed by atoms with van der Waals surface area (Å²) in [5, 5.41) is 14.4. The van der Waals surface area contributed by atoms with Crippen molar-refractivity contribution in [1.29, 1.82) is 0 Å². The van der Waals surface area contributed by atoms with Crippen LogP contribution in [0.15, 0.2) is 12.1 Å². The number of nitrogens with zero attached hydrogens (tertiary/aromatic N) is 2. The van der Waals surface area contributed by atoms with Crippen LogP contribution in [0.5, 0.6) is 11.5 Å². The van der Waals surface area contributed by atoms with Crippen molar-refractivity contribution in [2.24, 2.45) is 5.92 Å². The second kappa shape index (κ2) is 6.62. The molecular weight excluding hydrogens is 274 g/mol. The largest absolute Gasteiger partial charge is 0.493 e. The summed E-state index contributed by atoms with van der Waals surface area (Å²) < 4.78 is 10.3. The minimum atomic E-state index is -0.412. The number of ether oxygens (including phenoxy) is 2. The Hall–Kier alpha value is -2.02. The third-order valence-electron chi connectivity index (χ3n) is 3.77. The van der Waals surface area contributed by atoms with Crippen LogP contribution in [0, 0.1) is 16.0 Å². The molecular formula is C14H21N3O4. The van der Waals surface area contributed by atoms with Gasteiger partial charge in [-0.15, -0.1) is 0 Å². The van der Waals surface area contributed by atoms with E-state index in [0.29, 0.717) is 29.6 Å². The fourth-order valence-corrected chi connectivity index (χ4v) is 2.61. The first kappa shape index (κ1) is 15.4. The van der Waals surface area contributed by atoms with E-state index in [4.69, 9.17) is 9.47 Å². The first-order valence-corrected chi connectivity index (χ1v) is 6.88. The van der Waals surface area contributed by atoms with Gasteiger partial charge in [0.05, 0.1) is 25.2 Å². The predicted molar refractivity (Wildman–Crippen MR) is 80.3 cm³/mol. The number of benzene rings is 1. The maximum absolute atomic E-state index is 11.2. The van der Waals surface area contributed by atoms with Crippen molar-refractivity contribution in [2.75, 3.05) is 46.2 Å². The molecule has 2 rings (SSSR count). The zero-order valence-electron chi connectivity index (χ0n) is 12.6. The highest BCUT2D eigenvalue weighted by Crippen LogP contribution is 2.37. The van der Waals surface area contributed by atoms with Gasteiger partial charge in [0.2, 0.25) is 0 Å². The predicted octanol–water partition coefficient (Wildman–Crippen LogP) is 1.98. The molecule has 0 saturated carbocycles. The number of rotatable bonds is 6. The zero-order valence-corrected chi connectivity index (χ0v) is 12.6. The van der Waals surface area contributed by atoms with Gasteiger partial charge in [-0.3, -0.25) is 10.1 Å². The van der Waals surface area contributed by atoms with Crippen molar-refractivity contribution in [3.05, 3.63) is 22.2 Å². The van der Waals surface area contributed by atoms with E-state index in [1.54, 1.807) is 6.07 Å². The summed E-state index contributed by atoms with van der Waals surface area (Å²) in [6.07, 6.45) is 1.10. The molecule has 1 aliphatic heterocycles. The maximum Gasteiger partial charge on any atom is 0.296 e. The Balaban J connectivity index is 2.18. The smallest absolute Gasteiger partial charge is 0.296 e. The van der Waals surface area contributed by atoms with Crippen LogP contribution in [0.25, 0.3) is 0 Å². The van der Waals surface area contributed by atoms with Crippen molar-refractivity contribution < 1.29 is 14.4 Å². The number of nitro benzene ring substituents is 1. The summed E-state index contributed by atoms with van der Waals surface area (Å²) in [4.78, 5) is 13.0. The van der Waals surface area contributed by atoms with Gasteiger partial charge in [-0.05, 0) is 25.9 Å². The van der Waals surface area contributed by atoms with Crippen molar-refractivity contribution in [3.8, 4) is 11.5 Å².